The van der Waals surface area contributed by atoms with Crippen molar-refractivity contribution in [3.63, 3.8) is 0 Å². The SMILES string of the molecule is NC(=O)C(=O)C(Cc1coc2ccccc12)NC(=O)c1ocnc1-c1ccccn1. The van der Waals surface area contributed by atoms with E-state index in [1.54, 1.807) is 30.5 Å². The van der Waals surface area contributed by atoms with Crippen molar-refractivity contribution >= 4 is 28.6 Å². The summed E-state index contributed by atoms with van der Waals surface area (Å²) in [6.07, 6.45) is 4.14. The summed E-state index contributed by atoms with van der Waals surface area (Å²) in [7, 11) is 0. The van der Waals surface area contributed by atoms with E-state index in [9.17, 15) is 14.4 Å². The maximum absolute atomic E-state index is 12.8. The van der Waals surface area contributed by atoms with Crippen molar-refractivity contribution in [3.05, 3.63) is 72.6 Å². The number of amides is 2. The van der Waals surface area contributed by atoms with Gasteiger partial charge in [-0.05, 0) is 18.2 Å². The van der Waals surface area contributed by atoms with E-state index in [4.69, 9.17) is 14.6 Å². The second-order valence-corrected chi connectivity index (χ2v) is 6.46. The minimum Gasteiger partial charge on any atom is -0.464 e. The number of carbonyl (C=O) groups is 3. The monoisotopic (exact) mass is 404 g/mol. The number of nitrogens with one attached hydrogen (secondary N) is 1. The zero-order valence-corrected chi connectivity index (χ0v) is 15.6. The number of rotatable bonds is 7. The van der Waals surface area contributed by atoms with E-state index in [0.29, 0.717) is 16.8 Å². The Morgan fingerprint density at radius 3 is 2.60 bits per heavy atom. The highest BCUT2D eigenvalue weighted by atomic mass is 16.3. The van der Waals surface area contributed by atoms with Crippen molar-refractivity contribution in [3.8, 4) is 11.4 Å². The second-order valence-electron chi connectivity index (χ2n) is 6.46. The molecular formula is C21H16N4O5. The molecule has 9 nitrogen and oxygen atoms in total. The minimum atomic E-state index is -1.21. The van der Waals surface area contributed by atoms with Crippen molar-refractivity contribution < 1.29 is 23.2 Å². The number of hydrogen-bond acceptors (Lipinski definition) is 7. The van der Waals surface area contributed by atoms with Gasteiger partial charge in [0, 0.05) is 23.6 Å². The first-order valence-corrected chi connectivity index (χ1v) is 8.99. The summed E-state index contributed by atoms with van der Waals surface area (Å²) in [6, 6.07) is 11.1. The molecule has 3 heterocycles. The van der Waals surface area contributed by atoms with Gasteiger partial charge in [0.15, 0.2) is 6.39 Å². The smallest absolute Gasteiger partial charge is 0.290 e. The van der Waals surface area contributed by atoms with E-state index in [1.165, 1.54) is 6.26 Å². The Hall–Kier alpha value is -4.27. The van der Waals surface area contributed by atoms with E-state index in [2.05, 4.69) is 15.3 Å². The molecule has 0 aliphatic heterocycles. The third-order valence-corrected chi connectivity index (χ3v) is 4.53. The Morgan fingerprint density at radius 1 is 1.03 bits per heavy atom. The number of oxazole rings is 1. The van der Waals surface area contributed by atoms with Gasteiger partial charge in [0.05, 0.1) is 12.0 Å². The Labute approximate surface area is 169 Å². The molecule has 0 saturated heterocycles. The van der Waals surface area contributed by atoms with Crippen molar-refractivity contribution in [1.29, 1.82) is 0 Å². The van der Waals surface area contributed by atoms with Crippen LogP contribution in [0.3, 0.4) is 0 Å². The van der Waals surface area contributed by atoms with Crippen LogP contribution >= 0.6 is 0 Å². The van der Waals surface area contributed by atoms with Crippen LogP contribution in [0.4, 0.5) is 0 Å². The van der Waals surface area contributed by atoms with Gasteiger partial charge in [-0.25, -0.2) is 4.98 Å². The highest BCUT2D eigenvalue weighted by Crippen LogP contribution is 2.23. The van der Waals surface area contributed by atoms with Gasteiger partial charge >= 0.3 is 0 Å². The number of ketones is 1. The van der Waals surface area contributed by atoms with E-state index >= 15 is 0 Å². The molecule has 4 aromatic rings. The predicted octanol–water partition coefficient (Wildman–Crippen LogP) is 1.88. The van der Waals surface area contributed by atoms with Crippen LogP contribution in [-0.2, 0) is 16.0 Å². The van der Waals surface area contributed by atoms with Crippen LogP contribution < -0.4 is 11.1 Å². The molecule has 2 amide bonds. The summed E-state index contributed by atoms with van der Waals surface area (Å²) in [5.74, 6) is -2.95. The lowest BCUT2D eigenvalue weighted by Gasteiger charge is -2.15. The molecule has 0 fully saturated rings. The van der Waals surface area contributed by atoms with E-state index in [-0.39, 0.29) is 17.9 Å². The molecule has 0 spiro atoms. The summed E-state index contributed by atoms with van der Waals surface area (Å²) in [6.45, 7) is 0. The summed E-state index contributed by atoms with van der Waals surface area (Å²) in [4.78, 5) is 44.9. The molecule has 0 radical (unpaired) electrons. The number of benzene rings is 1. The fourth-order valence-corrected chi connectivity index (χ4v) is 3.11. The van der Waals surface area contributed by atoms with Crippen LogP contribution in [0.1, 0.15) is 16.1 Å². The quantitative estimate of drug-likeness (QED) is 0.448. The highest BCUT2D eigenvalue weighted by molar-refractivity contribution is 6.38. The first kappa shape index (κ1) is 19.1. The fourth-order valence-electron chi connectivity index (χ4n) is 3.11. The normalized spacial score (nSPS) is 11.9. The number of nitrogens with zero attached hydrogens (tertiary/aromatic N) is 2. The van der Waals surface area contributed by atoms with E-state index in [0.717, 1.165) is 11.8 Å². The minimum absolute atomic E-state index is 0.0115. The molecule has 1 aromatic carbocycles. The molecule has 1 unspecified atom stereocenters. The van der Waals surface area contributed by atoms with Gasteiger partial charge in [0.2, 0.25) is 11.5 Å². The van der Waals surface area contributed by atoms with E-state index in [1.807, 2.05) is 18.2 Å². The number of pyridine rings is 1. The average molecular weight is 404 g/mol. The zero-order chi connectivity index (χ0) is 21.1. The molecule has 9 heteroatoms. The van der Waals surface area contributed by atoms with Gasteiger partial charge in [-0.15, -0.1) is 0 Å². The zero-order valence-electron chi connectivity index (χ0n) is 15.6. The fraction of sp³-hybridized carbons (Fsp3) is 0.0952. The third kappa shape index (κ3) is 3.68. The molecule has 0 saturated carbocycles. The molecule has 0 aliphatic carbocycles. The summed E-state index contributed by atoms with van der Waals surface area (Å²) in [5.41, 5.74) is 7.09. The predicted molar refractivity (Wildman–Crippen MR) is 105 cm³/mol. The number of para-hydroxylation sites is 1. The summed E-state index contributed by atoms with van der Waals surface area (Å²) < 4.78 is 10.7. The van der Waals surface area contributed by atoms with Crippen LogP contribution in [-0.4, -0.2) is 33.6 Å². The van der Waals surface area contributed by atoms with Crippen LogP contribution in [0.2, 0.25) is 0 Å². The molecule has 0 aliphatic rings. The van der Waals surface area contributed by atoms with E-state index < -0.39 is 23.6 Å². The molecule has 150 valence electrons. The Kier molecular flexibility index (Phi) is 5.08. The van der Waals surface area contributed by atoms with Crippen LogP contribution in [0.25, 0.3) is 22.4 Å². The van der Waals surface area contributed by atoms with Crippen LogP contribution in [0, 0.1) is 0 Å². The van der Waals surface area contributed by atoms with Crippen LogP contribution in [0.15, 0.2) is 70.2 Å². The maximum Gasteiger partial charge on any atom is 0.290 e. The molecule has 0 bridgehead atoms. The topological polar surface area (TPSA) is 141 Å². The van der Waals surface area contributed by atoms with Crippen LogP contribution in [0.5, 0.6) is 0 Å². The lowest BCUT2D eigenvalue weighted by atomic mass is 10.0. The van der Waals surface area contributed by atoms with Crippen molar-refractivity contribution in [1.82, 2.24) is 15.3 Å². The first-order chi connectivity index (χ1) is 14.5. The average Bonchev–Trinajstić information content (AvgIpc) is 3.41. The number of carbonyl (C=O) groups excluding carboxylic acids is 3. The number of fused-ring (bicyclic) bond motifs is 1. The molecule has 4 rings (SSSR count). The van der Waals surface area contributed by atoms with Crippen molar-refractivity contribution in [2.45, 2.75) is 12.5 Å². The Morgan fingerprint density at radius 2 is 1.83 bits per heavy atom. The Balaban J connectivity index is 1.62. The number of aromatic nitrogens is 2. The van der Waals surface area contributed by atoms with Gasteiger partial charge < -0.3 is 19.9 Å². The van der Waals surface area contributed by atoms with Gasteiger partial charge in [-0.1, -0.05) is 24.3 Å². The molecule has 1 atom stereocenters. The number of hydrogen-bond donors (Lipinski definition) is 2. The molecule has 3 aromatic heterocycles. The largest absolute Gasteiger partial charge is 0.464 e. The maximum atomic E-state index is 12.8. The number of primary amides is 1. The summed E-state index contributed by atoms with van der Waals surface area (Å²) >= 11 is 0. The first-order valence-electron chi connectivity index (χ1n) is 8.99. The second kappa shape index (κ2) is 8.00. The number of Topliss-reactive ketones (excluding diaryl/α,β-unsaturated/α-hetero) is 1. The number of nitrogens with two attached hydrogens (primary N) is 1. The number of furan rings is 1. The van der Waals surface area contributed by atoms with Gasteiger partial charge in [-0.2, -0.15) is 0 Å². The van der Waals surface area contributed by atoms with Crippen molar-refractivity contribution in [2.24, 2.45) is 5.73 Å². The van der Waals surface area contributed by atoms with Crippen molar-refractivity contribution in [2.75, 3.05) is 0 Å². The molecular weight excluding hydrogens is 388 g/mol. The molecule has 3 N–H and O–H groups in total. The lowest BCUT2D eigenvalue weighted by molar-refractivity contribution is -0.137. The van der Waals surface area contributed by atoms with Gasteiger partial charge in [-0.3, -0.25) is 19.4 Å². The third-order valence-electron chi connectivity index (χ3n) is 4.53. The molecule has 30 heavy (non-hydrogen) atoms. The summed E-state index contributed by atoms with van der Waals surface area (Å²) in [5, 5.41) is 3.29. The standard InChI is InChI=1S/C21H16N4O5/c22-20(27)18(26)15(9-12-10-29-16-7-2-1-5-13(12)16)25-21(28)19-17(24-11-30-19)14-6-3-4-8-23-14/h1-8,10-11,15H,9H2,(H2,22,27)(H,25,28). The van der Waals surface area contributed by atoms with Gasteiger partial charge in [0.1, 0.15) is 17.3 Å². The van der Waals surface area contributed by atoms with Gasteiger partial charge in [0.25, 0.3) is 11.8 Å². The lowest BCUT2D eigenvalue weighted by Crippen LogP contribution is -2.47. The Bertz CT molecular complexity index is 1230. The highest BCUT2D eigenvalue weighted by Gasteiger charge is 2.29.